The van der Waals surface area contributed by atoms with Crippen LogP contribution in [0, 0.1) is 0 Å². The monoisotopic (exact) mass is 183 g/mol. The van der Waals surface area contributed by atoms with Gasteiger partial charge in [-0.25, -0.2) is 0 Å². The Morgan fingerprint density at radius 1 is 1.25 bits per heavy atom. The van der Waals surface area contributed by atoms with Crippen molar-refractivity contribution in [1.29, 1.82) is 0 Å². The highest BCUT2D eigenvalue weighted by atomic mass is 35.5. The third kappa shape index (κ3) is 2.23. The maximum Gasteiger partial charge on any atom is 0.0759 e. The average Bonchev–Trinajstić information content (AvgIpc) is 2.03. The Kier molecular flexibility index (Phi) is 2.76. The van der Waals surface area contributed by atoms with E-state index in [4.69, 9.17) is 17.3 Å². The molecule has 0 heterocycles. The fraction of sp³-hybridized carbons (Fsp3) is 0.400. The van der Waals surface area contributed by atoms with Crippen LogP contribution in [0.2, 0.25) is 0 Å². The number of halogens is 1. The van der Waals surface area contributed by atoms with Crippen LogP contribution in [0.15, 0.2) is 30.3 Å². The van der Waals surface area contributed by atoms with Crippen LogP contribution in [0.4, 0.5) is 0 Å². The maximum atomic E-state index is 6.16. The molecule has 1 aromatic rings. The molecule has 0 radical (unpaired) electrons. The van der Waals surface area contributed by atoms with E-state index in [2.05, 4.69) is 0 Å². The van der Waals surface area contributed by atoms with Gasteiger partial charge in [-0.3, -0.25) is 0 Å². The van der Waals surface area contributed by atoms with Crippen LogP contribution in [0.3, 0.4) is 0 Å². The molecule has 0 aliphatic rings. The lowest BCUT2D eigenvalue weighted by atomic mass is 9.96. The van der Waals surface area contributed by atoms with Gasteiger partial charge in [-0.1, -0.05) is 30.3 Å². The van der Waals surface area contributed by atoms with E-state index in [1.165, 1.54) is 0 Å². The zero-order chi connectivity index (χ0) is 9.19. The van der Waals surface area contributed by atoms with Crippen molar-refractivity contribution in [3.8, 4) is 0 Å². The topological polar surface area (TPSA) is 26.0 Å². The van der Waals surface area contributed by atoms with Gasteiger partial charge in [0.15, 0.2) is 0 Å². The molecule has 66 valence electrons. The summed E-state index contributed by atoms with van der Waals surface area (Å²) < 4.78 is 0. The van der Waals surface area contributed by atoms with E-state index < -0.39 is 0 Å². The number of hydrogen-bond acceptors (Lipinski definition) is 1. The van der Waals surface area contributed by atoms with Gasteiger partial charge in [-0.2, -0.15) is 0 Å². The average molecular weight is 184 g/mol. The highest BCUT2D eigenvalue weighted by Gasteiger charge is 2.23. The lowest BCUT2D eigenvalue weighted by molar-refractivity contribution is 0.500. The van der Waals surface area contributed by atoms with Crippen LogP contribution in [0.5, 0.6) is 0 Å². The Morgan fingerprint density at radius 3 is 2.17 bits per heavy atom. The van der Waals surface area contributed by atoms with Crippen molar-refractivity contribution in [3.63, 3.8) is 0 Å². The minimum absolute atomic E-state index is 0.126. The Bertz CT molecular complexity index is 238. The summed E-state index contributed by atoms with van der Waals surface area (Å²) in [5, 5.41) is -0.126. The number of nitrogens with two attached hydrogens (primary N) is 1. The molecule has 0 aliphatic carbocycles. The second-order valence-electron chi connectivity index (χ2n) is 3.59. The number of rotatable bonds is 2. The smallest absolute Gasteiger partial charge is 0.0759 e. The highest BCUT2D eigenvalue weighted by Crippen LogP contribution is 2.29. The largest absolute Gasteiger partial charge is 0.324 e. The third-order valence-electron chi connectivity index (χ3n) is 1.75. The first-order valence-corrected chi connectivity index (χ1v) is 4.43. The fourth-order valence-corrected chi connectivity index (χ4v) is 1.20. The van der Waals surface area contributed by atoms with Crippen LogP contribution in [-0.2, 0) is 0 Å². The van der Waals surface area contributed by atoms with Gasteiger partial charge in [0, 0.05) is 5.54 Å². The van der Waals surface area contributed by atoms with Gasteiger partial charge >= 0.3 is 0 Å². The van der Waals surface area contributed by atoms with E-state index in [-0.39, 0.29) is 10.9 Å². The summed E-state index contributed by atoms with van der Waals surface area (Å²) in [6.07, 6.45) is 0. The molecule has 0 aromatic heterocycles. The van der Waals surface area contributed by atoms with Crippen molar-refractivity contribution in [1.82, 2.24) is 0 Å². The van der Waals surface area contributed by atoms with Gasteiger partial charge in [-0.05, 0) is 19.4 Å². The molecule has 1 atom stereocenters. The highest BCUT2D eigenvalue weighted by molar-refractivity contribution is 6.21. The zero-order valence-corrected chi connectivity index (χ0v) is 8.18. The molecule has 1 unspecified atom stereocenters. The third-order valence-corrected chi connectivity index (χ3v) is 2.56. The van der Waals surface area contributed by atoms with Crippen molar-refractivity contribution < 1.29 is 0 Å². The minimum Gasteiger partial charge on any atom is -0.324 e. The fourth-order valence-electron chi connectivity index (χ4n) is 1.05. The van der Waals surface area contributed by atoms with Gasteiger partial charge in [0.25, 0.3) is 0 Å². The van der Waals surface area contributed by atoms with Crippen molar-refractivity contribution in [3.05, 3.63) is 35.9 Å². The van der Waals surface area contributed by atoms with E-state index in [1.807, 2.05) is 44.2 Å². The van der Waals surface area contributed by atoms with Crippen molar-refractivity contribution in [2.75, 3.05) is 0 Å². The Hall–Kier alpha value is -0.530. The number of benzene rings is 1. The lowest BCUT2D eigenvalue weighted by Crippen LogP contribution is -2.36. The van der Waals surface area contributed by atoms with E-state index in [0.29, 0.717) is 0 Å². The lowest BCUT2D eigenvalue weighted by Gasteiger charge is -2.25. The van der Waals surface area contributed by atoms with Gasteiger partial charge < -0.3 is 5.73 Å². The Balaban J connectivity index is 2.86. The summed E-state index contributed by atoms with van der Waals surface area (Å²) in [5.74, 6) is 0. The summed E-state index contributed by atoms with van der Waals surface area (Å²) in [6, 6.07) is 9.89. The first-order valence-electron chi connectivity index (χ1n) is 3.99. The Morgan fingerprint density at radius 2 is 1.75 bits per heavy atom. The molecule has 1 aromatic carbocycles. The van der Waals surface area contributed by atoms with Crippen LogP contribution in [0.25, 0.3) is 0 Å². The van der Waals surface area contributed by atoms with Crippen molar-refractivity contribution >= 4 is 11.6 Å². The molecule has 1 nitrogen and oxygen atoms in total. The first-order chi connectivity index (χ1) is 5.52. The standard InChI is InChI=1S/C10H14ClN/c1-10(2,12)9(11)8-6-4-3-5-7-8/h3-7,9H,12H2,1-2H3. The van der Waals surface area contributed by atoms with Crippen molar-refractivity contribution in [2.45, 2.75) is 24.8 Å². The SMILES string of the molecule is CC(C)(N)C(Cl)c1ccccc1. The van der Waals surface area contributed by atoms with Gasteiger partial charge in [0.2, 0.25) is 0 Å². The number of alkyl halides is 1. The van der Waals surface area contributed by atoms with E-state index in [9.17, 15) is 0 Å². The molecule has 0 saturated heterocycles. The molecule has 0 bridgehead atoms. The summed E-state index contributed by atoms with van der Waals surface area (Å²) in [6.45, 7) is 3.86. The maximum absolute atomic E-state index is 6.16. The molecule has 2 N–H and O–H groups in total. The summed E-state index contributed by atoms with van der Waals surface area (Å²) in [5.41, 5.74) is 6.58. The molecule has 0 saturated carbocycles. The second kappa shape index (κ2) is 3.46. The molecular weight excluding hydrogens is 170 g/mol. The predicted octanol–water partition coefficient (Wildman–Crippen LogP) is 2.70. The van der Waals surface area contributed by atoms with Crippen molar-refractivity contribution in [2.24, 2.45) is 5.73 Å². The van der Waals surface area contributed by atoms with Crippen LogP contribution >= 0.6 is 11.6 Å². The normalized spacial score (nSPS) is 14.3. The molecular formula is C10H14ClN. The Labute approximate surface area is 78.5 Å². The molecule has 0 aliphatic heterocycles. The van der Waals surface area contributed by atoms with Crippen LogP contribution in [-0.4, -0.2) is 5.54 Å². The summed E-state index contributed by atoms with van der Waals surface area (Å²) in [4.78, 5) is 0. The van der Waals surface area contributed by atoms with Gasteiger partial charge in [0.1, 0.15) is 0 Å². The molecule has 12 heavy (non-hydrogen) atoms. The minimum atomic E-state index is -0.372. The predicted molar refractivity (Wildman–Crippen MR) is 53.3 cm³/mol. The van der Waals surface area contributed by atoms with Crippen LogP contribution < -0.4 is 5.73 Å². The van der Waals surface area contributed by atoms with Gasteiger partial charge in [-0.15, -0.1) is 11.6 Å². The second-order valence-corrected chi connectivity index (χ2v) is 4.03. The number of hydrogen-bond donors (Lipinski definition) is 1. The van der Waals surface area contributed by atoms with E-state index in [0.717, 1.165) is 5.56 Å². The molecule has 0 spiro atoms. The molecule has 1 rings (SSSR count). The van der Waals surface area contributed by atoms with E-state index >= 15 is 0 Å². The molecule has 0 amide bonds. The summed E-state index contributed by atoms with van der Waals surface area (Å²) >= 11 is 6.16. The first kappa shape index (κ1) is 9.56. The van der Waals surface area contributed by atoms with Crippen LogP contribution in [0.1, 0.15) is 24.8 Å². The van der Waals surface area contributed by atoms with E-state index in [1.54, 1.807) is 0 Å². The van der Waals surface area contributed by atoms with Gasteiger partial charge in [0.05, 0.1) is 5.38 Å². The molecule has 2 heteroatoms. The quantitative estimate of drug-likeness (QED) is 0.702. The molecule has 0 fully saturated rings. The zero-order valence-electron chi connectivity index (χ0n) is 7.42. The summed E-state index contributed by atoms with van der Waals surface area (Å²) in [7, 11) is 0.